The Morgan fingerprint density at radius 1 is 1.17 bits per heavy atom. The largest absolute Gasteiger partial charge is 0.488 e. The predicted octanol–water partition coefficient (Wildman–Crippen LogP) is 4.71. The number of nitrogens with one attached hydrogen (secondary N) is 2. The molecule has 0 aromatic heterocycles. The van der Waals surface area contributed by atoms with Gasteiger partial charge in [0.05, 0.1) is 4.91 Å². The van der Waals surface area contributed by atoms with Gasteiger partial charge in [0, 0.05) is 15.6 Å². The Balaban J connectivity index is 1.84. The molecule has 0 unspecified atom stereocenters. The summed E-state index contributed by atoms with van der Waals surface area (Å²) in [7, 11) is 0. The van der Waals surface area contributed by atoms with Crippen LogP contribution in [0.3, 0.4) is 0 Å². The first-order valence-electron chi connectivity index (χ1n) is 6.97. The van der Waals surface area contributed by atoms with Gasteiger partial charge in [-0.15, -0.1) is 0 Å². The van der Waals surface area contributed by atoms with Gasteiger partial charge in [-0.2, -0.15) is 0 Å². The highest BCUT2D eigenvalue weighted by Crippen LogP contribution is 2.31. The molecule has 0 spiro atoms. The van der Waals surface area contributed by atoms with E-state index in [9.17, 15) is 4.79 Å². The molecular weight excluding hydrogens is 367 g/mol. The lowest BCUT2D eigenvalue weighted by Crippen LogP contribution is -2.18. The highest BCUT2D eigenvalue weighted by molar-refractivity contribution is 8.18. The summed E-state index contributed by atoms with van der Waals surface area (Å²) >= 11 is 13.1. The normalized spacial score (nSPS) is 15.7. The molecule has 2 N–H and O–H groups in total. The monoisotopic (exact) mass is 378 g/mol. The van der Waals surface area contributed by atoms with Gasteiger partial charge in [-0.1, -0.05) is 35.3 Å². The van der Waals surface area contributed by atoms with Gasteiger partial charge in [0.25, 0.3) is 5.91 Å². The molecule has 0 aliphatic carbocycles. The third kappa shape index (κ3) is 4.12. The number of benzene rings is 2. The minimum absolute atomic E-state index is 0.106. The highest BCUT2D eigenvalue weighted by Gasteiger charge is 2.22. The molecule has 1 heterocycles. The third-order valence-electron chi connectivity index (χ3n) is 3.20. The van der Waals surface area contributed by atoms with Gasteiger partial charge >= 0.3 is 0 Å². The maximum atomic E-state index is 11.8. The van der Waals surface area contributed by atoms with E-state index < -0.39 is 0 Å². The molecule has 2 aromatic carbocycles. The van der Waals surface area contributed by atoms with Crippen LogP contribution in [0.2, 0.25) is 10.0 Å². The maximum Gasteiger partial charge on any atom is 0.264 e. The van der Waals surface area contributed by atoms with E-state index in [0.29, 0.717) is 32.9 Å². The van der Waals surface area contributed by atoms with Crippen molar-refractivity contribution in [1.29, 1.82) is 5.41 Å². The first-order chi connectivity index (χ1) is 11.5. The van der Waals surface area contributed by atoms with Gasteiger partial charge in [0.15, 0.2) is 5.17 Å². The molecule has 2 aromatic rings. The summed E-state index contributed by atoms with van der Waals surface area (Å²) < 4.78 is 5.85. The van der Waals surface area contributed by atoms with Crippen molar-refractivity contribution in [2.75, 3.05) is 0 Å². The number of hydrogen-bond donors (Lipinski definition) is 2. The Morgan fingerprint density at radius 2 is 1.96 bits per heavy atom. The lowest BCUT2D eigenvalue weighted by atomic mass is 10.1. The van der Waals surface area contributed by atoms with E-state index in [1.54, 1.807) is 30.3 Å². The smallest absolute Gasteiger partial charge is 0.264 e. The first kappa shape index (κ1) is 16.9. The second-order valence-corrected chi connectivity index (χ2v) is 6.92. The molecule has 1 aliphatic heterocycles. The van der Waals surface area contributed by atoms with E-state index in [1.165, 1.54) is 0 Å². The molecule has 0 atom stereocenters. The summed E-state index contributed by atoms with van der Waals surface area (Å²) in [6.45, 7) is 0.341. The fraction of sp³-hybridized carbons (Fsp3) is 0.0588. The zero-order chi connectivity index (χ0) is 17.1. The van der Waals surface area contributed by atoms with Crippen LogP contribution in [0.15, 0.2) is 47.4 Å². The van der Waals surface area contributed by atoms with Crippen LogP contribution < -0.4 is 10.1 Å². The van der Waals surface area contributed by atoms with Gasteiger partial charge < -0.3 is 10.1 Å². The summed E-state index contributed by atoms with van der Waals surface area (Å²) in [6, 6.07) is 12.6. The molecule has 1 fully saturated rings. The van der Waals surface area contributed by atoms with Crippen LogP contribution >= 0.6 is 35.0 Å². The van der Waals surface area contributed by atoms with Crippen LogP contribution in [0, 0.1) is 5.41 Å². The van der Waals surface area contributed by atoms with Crippen molar-refractivity contribution < 1.29 is 9.53 Å². The van der Waals surface area contributed by atoms with Crippen molar-refractivity contribution in [3.63, 3.8) is 0 Å². The van der Waals surface area contributed by atoms with E-state index in [4.69, 9.17) is 33.3 Å². The summed E-state index contributed by atoms with van der Waals surface area (Å²) in [5.74, 6) is 0.296. The average Bonchev–Trinajstić information content (AvgIpc) is 2.84. The van der Waals surface area contributed by atoms with Crippen LogP contribution in [-0.2, 0) is 11.4 Å². The molecule has 3 rings (SSSR count). The van der Waals surface area contributed by atoms with Crippen molar-refractivity contribution in [3.05, 3.63) is 68.5 Å². The van der Waals surface area contributed by atoms with Crippen molar-refractivity contribution >= 4 is 52.1 Å². The molecule has 4 nitrogen and oxygen atoms in total. The number of halogens is 2. The number of carbonyl (C=O) groups excluding carboxylic acids is 1. The molecular formula is C17H12Cl2N2O2S. The SMILES string of the molecule is N=C1NC(=O)/C(=C/c2cc(Cl)ccc2OCc2cccc(Cl)c2)S1. The van der Waals surface area contributed by atoms with E-state index in [2.05, 4.69) is 5.32 Å². The Morgan fingerprint density at radius 3 is 2.67 bits per heavy atom. The lowest BCUT2D eigenvalue weighted by Gasteiger charge is -2.10. The third-order valence-corrected chi connectivity index (χ3v) is 4.50. The van der Waals surface area contributed by atoms with Crippen molar-refractivity contribution in [1.82, 2.24) is 5.32 Å². The molecule has 122 valence electrons. The first-order valence-corrected chi connectivity index (χ1v) is 8.55. The molecule has 0 saturated carbocycles. The van der Waals surface area contributed by atoms with Crippen LogP contribution in [0.25, 0.3) is 6.08 Å². The molecule has 0 radical (unpaired) electrons. The van der Waals surface area contributed by atoms with Crippen molar-refractivity contribution in [3.8, 4) is 5.75 Å². The minimum Gasteiger partial charge on any atom is -0.488 e. The average molecular weight is 379 g/mol. The van der Waals surface area contributed by atoms with Crippen LogP contribution in [-0.4, -0.2) is 11.1 Å². The van der Waals surface area contributed by atoms with Crippen molar-refractivity contribution in [2.24, 2.45) is 0 Å². The Kier molecular flexibility index (Phi) is 5.14. The molecule has 24 heavy (non-hydrogen) atoms. The van der Waals surface area contributed by atoms with E-state index >= 15 is 0 Å². The van der Waals surface area contributed by atoms with Crippen molar-refractivity contribution in [2.45, 2.75) is 6.61 Å². The fourth-order valence-corrected chi connectivity index (χ4v) is 3.22. The summed E-state index contributed by atoms with van der Waals surface area (Å²) in [6.07, 6.45) is 1.67. The van der Waals surface area contributed by atoms with Crippen LogP contribution in [0.4, 0.5) is 0 Å². The fourth-order valence-electron chi connectivity index (χ4n) is 2.13. The summed E-state index contributed by atoms with van der Waals surface area (Å²) in [4.78, 5) is 12.2. The second-order valence-electron chi connectivity index (χ2n) is 4.99. The van der Waals surface area contributed by atoms with Gasteiger partial charge in [-0.3, -0.25) is 10.2 Å². The number of amides is 1. The van der Waals surface area contributed by atoms with Gasteiger partial charge in [0.2, 0.25) is 0 Å². The number of ether oxygens (including phenoxy) is 1. The van der Waals surface area contributed by atoms with Gasteiger partial charge in [0.1, 0.15) is 12.4 Å². The number of carbonyl (C=O) groups is 1. The van der Waals surface area contributed by atoms with E-state index in [0.717, 1.165) is 17.3 Å². The summed E-state index contributed by atoms with van der Waals surface area (Å²) in [5.41, 5.74) is 1.61. The Bertz CT molecular complexity index is 852. The second kappa shape index (κ2) is 7.30. The van der Waals surface area contributed by atoms with Crippen LogP contribution in [0.5, 0.6) is 5.75 Å². The molecule has 7 heteroatoms. The van der Waals surface area contributed by atoms with Gasteiger partial charge in [-0.05, 0) is 53.7 Å². The Hall–Kier alpha value is -1.95. The van der Waals surface area contributed by atoms with Gasteiger partial charge in [-0.25, -0.2) is 0 Å². The molecule has 1 aliphatic rings. The zero-order valence-corrected chi connectivity index (χ0v) is 14.6. The van der Waals surface area contributed by atoms with Crippen LogP contribution in [0.1, 0.15) is 11.1 Å². The number of hydrogen-bond acceptors (Lipinski definition) is 4. The standard InChI is InChI=1S/C17H12Cl2N2O2S/c18-12-3-1-2-10(6-12)9-23-14-5-4-13(19)7-11(14)8-15-16(22)21-17(20)24-15/h1-8H,9H2,(H2,20,21,22)/b15-8-. The maximum absolute atomic E-state index is 11.8. The topological polar surface area (TPSA) is 62.2 Å². The predicted molar refractivity (Wildman–Crippen MR) is 98.7 cm³/mol. The van der Waals surface area contributed by atoms with E-state index in [1.807, 2.05) is 18.2 Å². The molecule has 1 saturated heterocycles. The number of rotatable bonds is 4. The van der Waals surface area contributed by atoms with E-state index in [-0.39, 0.29) is 11.1 Å². The quantitative estimate of drug-likeness (QED) is 0.757. The number of thioether (sulfide) groups is 1. The summed E-state index contributed by atoms with van der Waals surface area (Å²) in [5, 5.41) is 11.2. The molecule has 1 amide bonds. The Labute approximate surface area is 153 Å². The zero-order valence-electron chi connectivity index (χ0n) is 12.3. The molecule has 0 bridgehead atoms. The minimum atomic E-state index is -0.300. The lowest BCUT2D eigenvalue weighted by molar-refractivity contribution is -0.115. The highest BCUT2D eigenvalue weighted by atomic mass is 35.5. The number of amidine groups is 1.